The Hall–Kier alpha value is -4.59. The van der Waals surface area contributed by atoms with Crippen LogP contribution in [0.4, 0.5) is 0 Å². The summed E-state index contributed by atoms with van der Waals surface area (Å²) in [5, 5.41) is 58.2. The van der Waals surface area contributed by atoms with Crippen molar-refractivity contribution >= 4 is 30.1 Å². The Kier molecular flexibility index (Phi) is 7.76. The summed E-state index contributed by atoms with van der Waals surface area (Å²) in [5.41, 5.74) is 0.748. The van der Waals surface area contributed by atoms with Gasteiger partial charge in [0.2, 0.25) is 0 Å². The molecule has 2 aromatic rings. The van der Waals surface area contributed by atoms with Crippen LogP contribution in [0.15, 0.2) is 48.6 Å². The molecule has 0 spiro atoms. The highest BCUT2D eigenvalue weighted by molar-refractivity contribution is 5.88. The van der Waals surface area contributed by atoms with E-state index in [2.05, 4.69) is 0 Å². The van der Waals surface area contributed by atoms with Crippen LogP contribution in [0, 0.1) is 0 Å². The normalized spacial score (nSPS) is 26.1. The number of rotatable bonds is 8. The van der Waals surface area contributed by atoms with E-state index in [0.717, 1.165) is 12.2 Å². The summed E-state index contributed by atoms with van der Waals surface area (Å²) in [7, 11) is 0. The topological polar surface area (TPSA) is 210 Å². The van der Waals surface area contributed by atoms with E-state index in [0.29, 0.717) is 11.1 Å². The van der Waals surface area contributed by atoms with Crippen LogP contribution in [0.2, 0.25) is 0 Å². The fourth-order valence-electron chi connectivity index (χ4n) is 4.06. The summed E-state index contributed by atoms with van der Waals surface area (Å²) >= 11 is 0. The second-order valence-corrected chi connectivity index (χ2v) is 8.76. The first kappa shape index (κ1) is 27.4. The maximum Gasteiger partial charge on any atom is 0.364 e. The number of ether oxygens (including phenoxy) is 4. The standard InChI is InChI=1S/C26H24O13/c27-15-5-1-13(9-17(15)29)3-7-21(31)36-12-20-24-23(33)19(11-26(38-20,39-24)25(34)35)37-22(32)8-4-14-2-6-16(28)18(30)10-14/h1-10,19-20,23-24,27-30,33H,11-12H2,(H,34,35)/b7-3?,8-4+/t19-,20-,23+,24?,26+/m0/s1. The lowest BCUT2D eigenvalue weighted by Crippen LogP contribution is -2.55. The highest BCUT2D eigenvalue weighted by Gasteiger charge is 2.63. The predicted molar refractivity (Wildman–Crippen MR) is 129 cm³/mol. The molecule has 2 saturated heterocycles. The van der Waals surface area contributed by atoms with Gasteiger partial charge >= 0.3 is 17.9 Å². The molecular formula is C26H24O13. The number of phenols is 4. The zero-order valence-corrected chi connectivity index (χ0v) is 20.0. The minimum atomic E-state index is -2.25. The molecule has 13 nitrogen and oxygen atoms in total. The Morgan fingerprint density at radius 2 is 1.44 bits per heavy atom. The van der Waals surface area contributed by atoms with Gasteiger partial charge < -0.3 is 49.6 Å². The van der Waals surface area contributed by atoms with Gasteiger partial charge in [-0.2, -0.15) is 0 Å². The van der Waals surface area contributed by atoms with E-state index in [4.69, 9.17) is 18.9 Å². The Morgan fingerprint density at radius 1 is 0.872 bits per heavy atom. The number of phenolic OH excluding ortho intramolecular Hbond substituents is 4. The van der Waals surface area contributed by atoms with Crippen molar-refractivity contribution in [1.29, 1.82) is 0 Å². The van der Waals surface area contributed by atoms with Crippen LogP contribution in [-0.2, 0) is 33.3 Å². The molecule has 6 N–H and O–H groups in total. The fraction of sp³-hybridized carbons (Fsp3) is 0.269. The highest BCUT2D eigenvalue weighted by atomic mass is 16.8. The Balaban J connectivity index is 1.38. The number of carboxylic acid groups (broad SMARTS) is 1. The van der Waals surface area contributed by atoms with Crippen molar-refractivity contribution < 1.29 is 64.0 Å². The summed E-state index contributed by atoms with van der Waals surface area (Å²) in [6.07, 6.45) is -1.31. The van der Waals surface area contributed by atoms with Gasteiger partial charge in [-0.3, -0.25) is 0 Å². The van der Waals surface area contributed by atoms with E-state index in [-0.39, 0.29) is 17.2 Å². The summed E-state index contributed by atoms with van der Waals surface area (Å²) < 4.78 is 21.3. The van der Waals surface area contributed by atoms with Gasteiger partial charge in [-0.25, -0.2) is 14.4 Å². The number of benzene rings is 2. The lowest BCUT2D eigenvalue weighted by atomic mass is 9.95. The lowest BCUT2D eigenvalue weighted by molar-refractivity contribution is -0.247. The van der Waals surface area contributed by atoms with Crippen molar-refractivity contribution in [2.45, 2.75) is 36.6 Å². The summed E-state index contributed by atoms with van der Waals surface area (Å²) in [6.45, 7) is -0.494. The third-order valence-electron chi connectivity index (χ3n) is 6.03. The second-order valence-electron chi connectivity index (χ2n) is 8.76. The van der Waals surface area contributed by atoms with E-state index in [1.807, 2.05) is 0 Å². The minimum Gasteiger partial charge on any atom is -0.504 e. The molecule has 0 aromatic heterocycles. The first-order valence-corrected chi connectivity index (χ1v) is 11.5. The number of carboxylic acids is 1. The molecule has 1 unspecified atom stereocenters. The van der Waals surface area contributed by atoms with E-state index in [9.17, 15) is 45.0 Å². The number of esters is 2. The van der Waals surface area contributed by atoms with Crippen molar-refractivity contribution in [2.24, 2.45) is 0 Å². The van der Waals surface area contributed by atoms with Crippen LogP contribution in [0.25, 0.3) is 12.2 Å². The van der Waals surface area contributed by atoms with Gasteiger partial charge in [0.05, 0.1) is 6.42 Å². The summed E-state index contributed by atoms with van der Waals surface area (Å²) in [4.78, 5) is 36.4. The summed E-state index contributed by atoms with van der Waals surface area (Å²) in [5.74, 6) is -7.01. The van der Waals surface area contributed by atoms with Gasteiger partial charge in [0, 0.05) is 12.2 Å². The van der Waals surface area contributed by atoms with Gasteiger partial charge in [0.25, 0.3) is 5.79 Å². The molecule has 2 bridgehead atoms. The molecule has 0 saturated carbocycles. The molecule has 2 aliphatic rings. The van der Waals surface area contributed by atoms with Crippen molar-refractivity contribution in [3.05, 3.63) is 59.7 Å². The second kappa shape index (κ2) is 11.0. The van der Waals surface area contributed by atoms with Crippen molar-refractivity contribution in [1.82, 2.24) is 0 Å². The maximum absolute atomic E-state index is 12.3. The van der Waals surface area contributed by atoms with Crippen molar-refractivity contribution in [3.63, 3.8) is 0 Å². The van der Waals surface area contributed by atoms with Crippen LogP contribution >= 0.6 is 0 Å². The molecule has 2 heterocycles. The molecular weight excluding hydrogens is 520 g/mol. The molecule has 13 heteroatoms. The van der Waals surface area contributed by atoms with Crippen LogP contribution in [0.5, 0.6) is 23.0 Å². The number of carbonyl (C=O) groups excluding carboxylic acids is 2. The molecule has 5 atom stereocenters. The number of hydrogen-bond acceptors (Lipinski definition) is 12. The minimum absolute atomic E-state index is 0.331. The van der Waals surface area contributed by atoms with Crippen LogP contribution in [-0.4, -0.2) is 85.4 Å². The average Bonchev–Trinajstić information content (AvgIpc) is 3.22. The van der Waals surface area contributed by atoms with Crippen LogP contribution in [0.1, 0.15) is 17.5 Å². The third kappa shape index (κ3) is 6.12. The number of hydrogen-bond donors (Lipinski definition) is 6. The molecule has 0 amide bonds. The van der Waals surface area contributed by atoms with Gasteiger partial charge in [0.15, 0.2) is 23.0 Å². The number of aliphatic hydroxyl groups excluding tert-OH is 1. The smallest absolute Gasteiger partial charge is 0.364 e. The average molecular weight is 544 g/mol. The molecule has 0 radical (unpaired) electrons. The Bertz CT molecular complexity index is 1330. The predicted octanol–water partition coefficient (Wildman–Crippen LogP) is 1.02. The molecule has 206 valence electrons. The summed E-state index contributed by atoms with van der Waals surface area (Å²) in [6, 6.07) is 7.72. The first-order valence-electron chi connectivity index (χ1n) is 11.5. The van der Waals surface area contributed by atoms with Crippen LogP contribution < -0.4 is 0 Å². The van der Waals surface area contributed by atoms with E-state index < -0.39 is 66.9 Å². The van der Waals surface area contributed by atoms with E-state index in [1.54, 1.807) is 0 Å². The fourth-order valence-corrected chi connectivity index (χ4v) is 4.06. The lowest BCUT2D eigenvalue weighted by Gasteiger charge is -2.35. The Morgan fingerprint density at radius 3 is 1.97 bits per heavy atom. The molecule has 2 fully saturated rings. The largest absolute Gasteiger partial charge is 0.504 e. The molecule has 2 aromatic carbocycles. The SMILES string of the molecule is O=C(C=Cc1ccc(O)c(O)c1)OC[C@@H]1O[C@]2(C(=O)O)C[C@H](OC(=O)/C=C/c3ccc(O)c(O)c3)[C@@H](O)C1O2. The molecule has 4 rings (SSSR count). The molecule has 2 aliphatic heterocycles. The van der Waals surface area contributed by atoms with Crippen molar-refractivity contribution in [2.75, 3.05) is 6.61 Å². The van der Waals surface area contributed by atoms with Crippen molar-refractivity contribution in [3.8, 4) is 23.0 Å². The zero-order chi connectivity index (χ0) is 28.3. The number of fused-ring (bicyclic) bond motifs is 2. The van der Waals surface area contributed by atoms with Gasteiger partial charge in [-0.05, 0) is 47.5 Å². The number of aliphatic carboxylic acids is 1. The zero-order valence-electron chi connectivity index (χ0n) is 20.0. The first-order chi connectivity index (χ1) is 18.5. The van der Waals surface area contributed by atoms with Crippen LogP contribution in [0.3, 0.4) is 0 Å². The molecule has 0 aliphatic carbocycles. The number of aliphatic hydroxyl groups is 1. The van der Waals surface area contributed by atoms with Gasteiger partial charge in [0.1, 0.15) is 31.0 Å². The highest BCUT2D eigenvalue weighted by Crippen LogP contribution is 2.42. The number of carbonyl (C=O) groups is 3. The molecule has 39 heavy (non-hydrogen) atoms. The Labute approximate surface area is 220 Å². The van der Waals surface area contributed by atoms with Gasteiger partial charge in [-0.1, -0.05) is 12.1 Å². The monoisotopic (exact) mass is 544 g/mol. The number of aromatic hydroxyl groups is 4. The van der Waals surface area contributed by atoms with Gasteiger partial charge in [-0.15, -0.1) is 0 Å². The third-order valence-corrected chi connectivity index (χ3v) is 6.03. The van der Waals surface area contributed by atoms with E-state index >= 15 is 0 Å². The quantitative estimate of drug-likeness (QED) is 0.156. The maximum atomic E-state index is 12.3. The van der Waals surface area contributed by atoms with E-state index in [1.165, 1.54) is 48.6 Å².